The molecule has 0 aromatic heterocycles. The van der Waals surface area contributed by atoms with E-state index in [1.165, 1.54) is 0 Å². The Morgan fingerprint density at radius 3 is 2.82 bits per heavy atom. The van der Waals surface area contributed by atoms with Gasteiger partial charge in [-0.05, 0) is 6.54 Å². The van der Waals surface area contributed by atoms with Crippen LogP contribution in [0, 0.1) is 0 Å². The molecule has 0 aliphatic heterocycles. The number of halogens is 1. The standard InChI is InChI=1S/C7H13NO2.ClH/c1-3-7(9)10-6-5-8-4-2;/h3,8H,1,4-6H2,2H3;1H. The number of esters is 1. The fraction of sp³-hybridized carbons (Fsp3) is 0.571. The zero-order valence-electron chi connectivity index (χ0n) is 6.63. The van der Waals surface area contributed by atoms with Gasteiger partial charge in [0.25, 0.3) is 0 Å². The van der Waals surface area contributed by atoms with Crippen LogP contribution < -0.4 is 5.32 Å². The summed E-state index contributed by atoms with van der Waals surface area (Å²) in [6.07, 6.45) is 1.16. The van der Waals surface area contributed by atoms with Gasteiger partial charge >= 0.3 is 5.97 Å². The molecular weight excluding hydrogens is 166 g/mol. The maximum atomic E-state index is 10.4. The highest BCUT2D eigenvalue weighted by molar-refractivity contribution is 5.85. The number of hydrogen-bond acceptors (Lipinski definition) is 3. The van der Waals surface area contributed by atoms with Crippen molar-refractivity contribution in [2.24, 2.45) is 0 Å². The smallest absolute Gasteiger partial charge is 0.330 e. The summed E-state index contributed by atoms with van der Waals surface area (Å²) in [6, 6.07) is 0. The first-order valence-corrected chi connectivity index (χ1v) is 3.31. The number of ether oxygens (including phenoxy) is 1. The number of hydrogen-bond donors (Lipinski definition) is 1. The lowest BCUT2D eigenvalue weighted by atomic mass is 10.6. The third kappa shape index (κ3) is 9.46. The SMILES string of the molecule is C=CC(=O)OCCNCC.Cl. The predicted octanol–water partition coefficient (Wildman–Crippen LogP) is 0.747. The monoisotopic (exact) mass is 179 g/mol. The van der Waals surface area contributed by atoms with Crippen LogP contribution in [0.4, 0.5) is 0 Å². The first kappa shape index (κ1) is 13.1. The van der Waals surface area contributed by atoms with Gasteiger partial charge in [-0.3, -0.25) is 0 Å². The molecule has 0 bridgehead atoms. The van der Waals surface area contributed by atoms with Crippen LogP contribution >= 0.6 is 12.4 Å². The molecule has 11 heavy (non-hydrogen) atoms. The molecule has 0 radical (unpaired) electrons. The van der Waals surface area contributed by atoms with E-state index in [9.17, 15) is 4.79 Å². The van der Waals surface area contributed by atoms with E-state index in [0.717, 1.165) is 12.6 Å². The topological polar surface area (TPSA) is 38.3 Å². The maximum absolute atomic E-state index is 10.4. The Balaban J connectivity index is 0. The van der Waals surface area contributed by atoms with E-state index < -0.39 is 0 Å². The van der Waals surface area contributed by atoms with Crippen LogP contribution in [0.15, 0.2) is 12.7 Å². The molecule has 0 aliphatic rings. The first-order chi connectivity index (χ1) is 4.81. The predicted molar refractivity (Wildman–Crippen MR) is 46.9 cm³/mol. The quantitative estimate of drug-likeness (QED) is 0.385. The van der Waals surface area contributed by atoms with Crippen LogP contribution in [0.5, 0.6) is 0 Å². The molecule has 0 aromatic rings. The van der Waals surface area contributed by atoms with Gasteiger partial charge in [0.1, 0.15) is 6.61 Å². The van der Waals surface area contributed by atoms with Crippen LogP contribution in [-0.2, 0) is 9.53 Å². The normalized spacial score (nSPS) is 8.09. The summed E-state index contributed by atoms with van der Waals surface area (Å²) in [5, 5.41) is 3.02. The molecule has 0 fully saturated rings. The van der Waals surface area contributed by atoms with Crippen molar-refractivity contribution in [2.75, 3.05) is 19.7 Å². The molecule has 4 heteroatoms. The van der Waals surface area contributed by atoms with Crippen molar-refractivity contribution >= 4 is 18.4 Å². The molecule has 0 unspecified atom stereocenters. The number of rotatable bonds is 5. The second kappa shape index (κ2) is 9.46. The van der Waals surface area contributed by atoms with Crippen LogP contribution in [0.1, 0.15) is 6.92 Å². The van der Waals surface area contributed by atoms with Gasteiger partial charge in [0.05, 0.1) is 0 Å². The third-order valence-corrected chi connectivity index (χ3v) is 0.940. The molecule has 0 atom stereocenters. The van der Waals surface area contributed by atoms with Gasteiger partial charge in [-0.25, -0.2) is 4.79 Å². The zero-order chi connectivity index (χ0) is 7.82. The van der Waals surface area contributed by atoms with Crippen molar-refractivity contribution in [2.45, 2.75) is 6.92 Å². The fourth-order valence-corrected chi connectivity index (χ4v) is 0.459. The number of carbonyl (C=O) groups excluding carboxylic acids is 1. The van der Waals surface area contributed by atoms with Crippen molar-refractivity contribution in [1.82, 2.24) is 5.32 Å². The minimum absolute atomic E-state index is 0. The molecule has 1 N–H and O–H groups in total. The average Bonchev–Trinajstić information content (AvgIpc) is 1.98. The van der Waals surface area contributed by atoms with E-state index in [4.69, 9.17) is 0 Å². The second-order valence-corrected chi connectivity index (χ2v) is 1.73. The summed E-state index contributed by atoms with van der Waals surface area (Å²) in [6.45, 7) is 7.27. The fourth-order valence-electron chi connectivity index (χ4n) is 0.459. The van der Waals surface area contributed by atoms with Gasteiger partial charge in [0.15, 0.2) is 0 Å². The van der Waals surface area contributed by atoms with Gasteiger partial charge in [0.2, 0.25) is 0 Å². The molecule has 0 saturated carbocycles. The lowest BCUT2D eigenvalue weighted by Crippen LogP contribution is -2.20. The Bertz CT molecular complexity index is 117. The number of carbonyl (C=O) groups is 1. The van der Waals surface area contributed by atoms with E-state index >= 15 is 0 Å². The van der Waals surface area contributed by atoms with E-state index in [-0.39, 0.29) is 18.4 Å². The highest BCUT2D eigenvalue weighted by Crippen LogP contribution is 1.76. The summed E-state index contributed by atoms with van der Waals surface area (Å²) in [5.41, 5.74) is 0. The lowest BCUT2D eigenvalue weighted by molar-refractivity contribution is -0.137. The largest absolute Gasteiger partial charge is 0.461 e. The molecule has 0 aromatic carbocycles. The summed E-state index contributed by atoms with van der Waals surface area (Å²) < 4.78 is 4.67. The molecule has 0 heterocycles. The van der Waals surface area contributed by atoms with Crippen molar-refractivity contribution in [3.8, 4) is 0 Å². The van der Waals surface area contributed by atoms with Crippen molar-refractivity contribution in [3.05, 3.63) is 12.7 Å². The Labute approximate surface area is 73.2 Å². The Morgan fingerprint density at radius 2 is 2.36 bits per heavy atom. The molecule has 0 rings (SSSR count). The maximum Gasteiger partial charge on any atom is 0.330 e. The minimum atomic E-state index is -0.363. The highest BCUT2D eigenvalue weighted by atomic mass is 35.5. The van der Waals surface area contributed by atoms with Crippen LogP contribution in [0.3, 0.4) is 0 Å². The minimum Gasteiger partial charge on any atom is -0.461 e. The number of likely N-dealkylation sites (N-methyl/N-ethyl adjacent to an activating group) is 1. The summed E-state index contributed by atoms with van der Waals surface area (Å²) in [5.74, 6) is -0.363. The zero-order valence-corrected chi connectivity index (χ0v) is 7.45. The summed E-state index contributed by atoms with van der Waals surface area (Å²) >= 11 is 0. The van der Waals surface area contributed by atoms with Crippen LogP contribution in [0.25, 0.3) is 0 Å². The Hall–Kier alpha value is -0.540. The molecule has 0 spiro atoms. The molecule has 0 saturated heterocycles. The van der Waals surface area contributed by atoms with Gasteiger partial charge in [-0.15, -0.1) is 12.4 Å². The molecule has 0 aliphatic carbocycles. The molecule has 0 amide bonds. The van der Waals surface area contributed by atoms with Gasteiger partial charge < -0.3 is 10.1 Å². The molecular formula is C7H14ClNO2. The van der Waals surface area contributed by atoms with Crippen molar-refractivity contribution in [1.29, 1.82) is 0 Å². The van der Waals surface area contributed by atoms with E-state index in [1.54, 1.807) is 0 Å². The Morgan fingerprint density at radius 1 is 1.73 bits per heavy atom. The average molecular weight is 180 g/mol. The third-order valence-electron chi connectivity index (χ3n) is 0.940. The highest BCUT2D eigenvalue weighted by Gasteiger charge is 1.91. The van der Waals surface area contributed by atoms with Crippen LogP contribution in [-0.4, -0.2) is 25.7 Å². The van der Waals surface area contributed by atoms with Gasteiger partial charge in [-0.2, -0.15) is 0 Å². The van der Waals surface area contributed by atoms with E-state index in [2.05, 4.69) is 16.6 Å². The summed E-state index contributed by atoms with van der Waals surface area (Å²) in [7, 11) is 0. The second-order valence-electron chi connectivity index (χ2n) is 1.73. The molecule has 66 valence electrons. The molecule has 3 nitrogen and oxygen atoms in total. The lowest BCUT2D eigenvalue weighted by Gasteiger charge is -2.00. The van der Waals surface area contributed by atoms with Gasteiger partial charge in [-0.1, -0.05) is 13.5 Å². The van der Waals surface area contributed by atoms with Gasteiger partial charge in [0, 0.05) is 12.6 Å². The Kier molecular flexibility index (Phi) is 11.2. The van der Waals surface area contributed by atoms with Crippen LogP contribution in [0.2, 0.25) is 0 Å². The summed E-state index contributed by atoms with van der Waals surface area (Å²) in [4.78, 5) is 10.4. The van der Waals surface area contributed by atoms with Crippen molar-refractivity contribution in [3.63, 3.8) is 0 Å². The van der Waals surface area contributed by atoms with E-state index in [1.807, 2.05) is 6.92 Å². The van der Waals surface area contributed by atoms with E-state index in [0.29, 0.717) is 13.2 Å². The number of nitrogens with one attached hydrogen (secondary N) is 1. The first-order valence-electron chi connectivity index (χ1n) is 3.31. The van der Waals surface area contributed by atoms with Crippen molar-refractivity contribution < 1.29 is 9.53 Å².